The summed E-state index contributed by atoms with van der Waals surface area (Å²) in [6.07, 6.45) is 5.55. The fourth-order valence-electron chi connectivity index (χ4n) is 0.879. The molecule has 14 heavy (non-hydrogen) atoms. The topological polar surface area (TPSA) is 9.23 Å². The van der Waals surface area contributed by atoms with Crippen molar-refractivity contribution in [2.24, 2.45) is 5.92 Å². The van der Waals surface area contributed by atoms with Gasteiger partial charge in [-0.15, -0.1) is 12.3 Å². The molecule has 0 radical (unpaired) electrons. The third kappa shape index (κ3) is 3.47. The molecule has 0 rings (SSSR count). The first-order valence-electron chi connectivity index (χ1n) is 5.26. The molecule has 0 fully saturated rings. The minimum Gasteiger partial charge on any atom is -0.413 e. The van der Waals surface area contributed by atoms with Gasteiger partial charge in [0, 0.05) is 5.92 Å². The van der Waals surface area contributed by atoms with Crippen molar-refractivity contribution in [1.82, 2.24) is 0 Å². The van der Waals surface area contributed by atoms with Gasteiger partial charge in [0.2, 0.25) is 0 Å². The summed E-state index contributed by atoms with van der Waals surface area (Å²) in [5, 5.41) is 0.260. The van der Waals surface area contributed by atoms with Crippen LogP contribution in [-0.4, -0.2) is 14.4 Å². The fraction of sp³-hybridized carbons (Fsp3) is 0.833. The van der Waals surface area contributed by atoms with E-state index >= 15 is 0 Å². The van der Waals surface area contributed by atoms with E-state index in [2.05, 4.69) is 46.7 Å². The normalized spacial score (nSPS) is 17.3. The van der Waals surface area contributed by atoms with Crippen molar-refractivity contribution >= 4 is 8.32 Å². The standard InChI is InChI=1S/C12H24OSi/c1-9-10(2)11(3)13-14(7,8)12(4,5)6/h1,10-11H,2-8H3/t10-,11-/m1/s1. The summed E-state index contributed by atoms with van der Waals surface area (Å²) in [4.78, 5) is 0. The van der Waals surface area contributed by atoms with E-state index in [0.29, 0.717) is 0 Å². The lowest BCUT2D eigenvalue weighted by Gasteiger charge is -2.39. The van der Waals surface area contributed by atoms with Crippen molar-refractivity contribution in [3.63, 3.8) is 0 Å². The second kappa shape index (κ2) is 4.50. The van der Waals surface area contributed by atoms with Crippen LogP contribution in [0.5, 0.6) is 0 Å². The third-order valence-electron chi connectivity index (χ3n) is 3.25. The average molecular weight is 212 g/mol. The first-order valence-corrected chi connectivity index (χ1v) is 8.16. The number of terminal acetylenes is 1. The van der Waals surface area contributed by atoms with Crippen LogP contribution in [0.4, 0.5) is 0 Å². The molecule has 0 bridgehead atoms. The molecule has 82 valence electrons. The molecule has 0 saturated carbocycles. The molecule has 0 aliphatic carbocycles. The molecule has 0 aliphatic heterocycles. The van der Waals surface area contributed by atoms with Crippen LogP contribution in [0, 0.1) is 18.3 Å². The van der Waals surface area contributed by atoms with Gasteiger partial charge in [-0.25, -0.2) is 0 Å². The number of hydrogen-bond donors (Lipinski definition) is 0. The summed E-state index contributed by atoms with van der Waals surface area (Å²) in [6.45, 7) is 15.4. The molecule has 0 aromatic carbocycles. The van der Waals surface area contributed by atoms with Crippen molar-refractivity contribution in [2.45, 2.75) is 58.9 Å². The first kappa shape index (κ1) is 13.7. The Morgan fingerprint density at radius 1 is 1.21 bits per heavy atom. The Bertz CT molecular complexity index is 219. The lowest BCUT2D eigenvalue weighted by Crippen LogP contribution is -2.44. The van der Waals surface area contributed by atoms with Crippen molar-refractivity contribution in [3.05, 3.63) is 0 Å². The van der Waals surface area contributed by atoms with E-state index in [4.69, 9.17) is 10.8 Å². The maximum Gasteiger partial charge on any atom is 0.192 e. The molecule has 0 unspecified atom stereocenters. The lowest BCUT2D eigenvalue weighted by molar-refractivity contribution is 0.167. The molecule has 0 aromatic heterocycles. The van der Waals surface area contributed by atoms with E-state index in [-0.39, 0.29) is 17.1 Å². The van der Waals surface area contributed by atoms with Gasteiger partial charge in [-0.05, 0) is 32.0 Å². The van der Waals surface area contributed by atoms with Crippen LogP contribution in [0.25, 0.3) is 0 Å². The van der Waals surface area contributed by atoms with Crippen LogP contribution in [0.3, 0.4) is 0 Å². The Kier molecular flexibility index (Phi) is 4.42. The summed E-state index contributed by atoms with van der Waals surface area (Å²) in [5.74, 6) is 2.93. The van der Waals surface area contributed by atoms with E-state index in [1.54, 1.807) is 0 Å². The van der Waals surface area contributed by atoms with Crippen LogP contribution in [0.2, 0.25) is 18.1 Å². The SMILES string of the molecule is C#C[C@@H](C)[C@@H](C)O[Si](C)(C)C(C)(C)C. The molecule has 2 atom stereocenters. The van der Waals surface area contributed by atoms with E-state index in [9.17, 15) is 0 Å². The summed E-state index contributed by atoms with van der Waals surface area (Å²) in [7, 11) is -1.64. The molecule has 1 nitrogen and oxygen atoms in total. The largest absolute Gasteiger partial charge is 0.413 e. The van der Waals surface area contributed by atoms with Crippen molar-refractivity contribution in [1.29, 1.82) is 0 Å². The number of hydrogen-bond acceptors (Lipinski definition) is 1. The smallest absolute Gasteiger partial charge is 0.192 e. The Morgan fingerprint density at radius 2 is 1.64 bits per heavy atom. The molecule has 0 spiro atoms. The summed E-state index contributed by atoms with van der Waals surface area (Å²) < 4.78 is 6.15. The van der Waals surface area contributed by atoms with Gasteiger partial charge in [-0.2, -0.15) is 0 Å². The monoisotopic (exact) mass is 212 g/mol. The maximum absolute atomic E-state index is 6.15. The highest BCUT2D eigenvalue weighted by Crippen LogP contribution is 2.37. The maximum atomic E-state index is 6.15. The first-order chi connectivity index (χ1) is 6.12. The van der Waals surface area contributed by atoms with E-state index in [0.717, 1.165) is 0 Å². The van der Waals surface area contributed by atoms with Crippen molar-refractivity contribution < 1.29 is 4.43 Å². The molecule has 0 aliphatic rings. The van der Waals surface area contributed by atoms with Crippen LogP contribution >= 0.6 is 0 Å². The van der Waals surface area contributed by atoms with Crippen LogP contribution < -0.4 is 0 Å². The lowest BCUT2D eigenvalue weighted by atomic mass is 10.1. The highest BCUT2D eigenvalue weighted by Gasteiger charge is 2.38. The predicted molar refractivity (Wildman–Crippen MR) is 65.7 cm³/mol. The third-order valence-corrected chi connectivity index (χ3v) is 7.83. The van der Waals surface area contributed by atoms with E-state index in [1.165, 1.54) is 0 Å². The van der Waals surface area contributed by atoms with Gasteiger partial charge in [-0.3, -0.25) is 0 Å². The highest BCUT2D eigenvalue weighted by atomic mass is 28.4. The van der Waals surface area contributed by atoms with Gasteiger partial charge in [0.25, 0.3) is 0 Å². The molecule has 0 amide bonds. The summed E-state index contributed by atoms with van der Waals surface area (Å²) in [5.41, 5.74) is 0. The summed E-state index contributed by atoms with van der Waals surface area (Å²) >= 11 is 0. The summed E-state index contributed by atoms with van der Waals surface area (Å²) in [6, 6.07) is 0. The Morgan fingerprint density at radius 3 is 1.93 bits per heavy atom. The van der Waals surface area contributed by atoms with Gasteiger partial charge >= 0.3 is 0 Å². The zero-order valence-electron chi connectivity index (χ0n) is 10.6. The van der Waals surface area contributed by atoms with Crippen LogP contribution in [0.1, 0.15) is 34.6 Å². The molecule has 2 heteroatoms. The van der Waals surface area contributed by atoms with E-state index in [1.807, 2.05) is 6.92 Å². The minimum absolute atomic E-state index is 0.167. The molecular weight excluding hydrogens is 188 g/mol. The number of rotatable bonds is 3. The van der Waals surface area contributed by atoms with Crippen LogP contribution in [-0.2, 0) is 4.43 Å². The fourth-order valence-corrected chi connectivity index (χ4v) is 2.37. The zero-order chi connectivity index (χ0) is 11.6. The second-order valence-electron chi connectivity index (χ2n) is 5.54. The van der Waals surface area contributed by atoms with Gasteiger partial charge in [0.05, 0.1) is 6.10 Å². The molecule has 0 aromatic rings. The van der Waals surface area contributed by atoms with Crippen molar-refractivity contribution in [3.8, 4) is 12.3 Å². The zero-order valence-corrected chi connectivity index (χ0v) is 11.6. The van der Waals surface area contributed by atoms with E-state index < -0.39 is 8.32 Å². The second-order valence-corrected chi connectivity index (χ2v) is 10.3. The Hall–Kier alpha value is -0.263. The molecular formula is C12H24OSi. The Balaban J connectivity index is 4.46. The average Bonchev–Trinajstić information content (AvgIpc) is 2.00. The quantitative estimate of drug-likeness (QED) is 0.512. The predicted octanol–water partition coefficient (Wildman–Crippen LogP) is 3.67. The molecule has 0 N–H and O–H groups in total. The molecule has 0 saturated heterocycles. The van der Waals surface area contributed by atoms with Gasteiger partial charge in [0.1, 0.15) is 0 Å². The molecule has 0 heterocycles. The van der Waals surface area contributed by atoms with Crippen LogP contribution in [0.15, 0.2) is 0 Å². The highest BCUT2D eigenvalue weighted by molar-refractivity contribution is 6.74. The minimum atomic E-state index is -1.64. The van der Waals surface area contributed by atoms with Crippen molar-refractivity contribution in [2.75, 3.05) is 0 Å². The van der Waals surface area contributed by atoms with Gasteiger partial charge in [-0.1, -0.05) is 20.8 Å². The Labute approximate surface area is 90.4 Å². The van der Waals surface area contributed by atoms with Gasteiger partial charge < -0.3 is 4.43 Å². The van der Waals surface area contributed by atoms with Gasteiger partial charge in [0.15, 0.2) is 8.32 Å².